The molecule has 0 saturated heterocycles. The molecular formula is C22H25F6N7O5. The van der Waals surface area contributed by atoms with E-state index in [4.69, 9.17) is 24.3 Å². The normalized spacial score (nSPS) is 15.4. The summed E-state index contributed by atoms with van der Waals surface area (Å²) in [4.78, 5) is 28.7. The van der Waals surface area contributed by atoms with Crippen molar-refractivity contribution in [1.82, 2.24) is 29.8 Å². The second-order valence-corrected chi connectivity index (χ2v) is 8.40. The summed E-state index contributed by atoms with van der Waals surface area (Å²) >= 11 is 0. The molecule has 1 unspecified atom stereocenters. The number of aliphatic carboxylic acids is 2. The van der Waals surface area contributed by atoms with E-state index < -0.39 is 24.3 Å². The fourth-order valence-electron chi connectivity index (χ4n) is 3.45. The lowest BCUT2D eigenvalue weighted by molar-refractivity contribution is -0.193. The van der Waals surface area contributed by atoms with Gasteiger partial charge in [-0.3, -0.25) is 9.58 Å². The van der Waals surface area contributed by atoms with Crippen molar-refractivity contribution in [2.24, 2.45) is 5.92 Å². The van der Waals surface area contributed by atoms with E-state index in [-0.39, 0.29) is 0 Å². The van der Waals surface area contributed by atoms with Gasteiger partial charge in [0, 0.05) is 62.8 Å². The van der Waals surface area contributed by atoms with Crippen LogP contribution in [0.15, 0.2) is 35.2 Å². The van der Waals surface area contributed by atoms with Crippen LogP contribution in [0.3, 0.4) is 0 Å². The van der Waals surface area contributed by atoms with Crippen molar-refractivity contribution in [1.29, 1.82) is 0 Å². The Morgan fingerprint density at radius 1 is 1.02 bits per heavy atom. The van der Waals surface area contributed by atoms with E-state index in [9.17, 15) is 26.3 Å². The minimum atomic E-state index is -5.08. The van der Waals surface area contributed by atoms with Crippen LogP contribution in [0.5, 0.6) is 0 Å². The smallest absolute Gasteiger partial charge is 0.475 e. The first-order valence-electron chi connectivity index (χ1n) is 11.3. The molecule has 18 heteroatoms. The van der Waals surface area contributed by atoms with Crippen molar-refractivity contribution in [3.63, 3.8) is 0 Å². The molecule has 0 spiro atoms. The van der Waals surface area contributed by atoms with E-state index in [2.05, 4.69) is 41.2 Å². The molecule has 12 nitrogen and oxygen atoms in total. The van der Waals surface area contributed by atoms with Gasteiger partial charge in [0.1, 0.15) is 5.76 Å². The Labute approximate surface area is 222 Å². The van der Waals surface area contributed by atoms with E-state index >= 15 is 0 Å². The highest BCUT2D eigenvalue weighted by molar-refractivity contribution is 5.73. The summed E-state index contributed by atoms with van der Waals surface area (Å²) in [7, 11) is 0. The van der Waals surface area contributed by atoms with E-state index in [1.165, 1.54) is 11.3 Å². The summed E-state index contributed by atoms with van der Waals surface area (Å²) in [5, 5.41) is 26.2. The summed E-state index contributed by atoms with van der Waals surface area (Å²) in [5.41, 5.74) is 3.37. The molecular weight excluding hydrogens is 556 g/mol. The van der Waals surface area contributed by atoms with Crippen LogP contribution in [0.4, 0.5) is 32.3 Å². The predicted molar refractivity (Wildman–Crippen MR) is 124 cm³/mol. The average Bonchev–Trinajstić information content (AvgIpc) is 3.38. The number of carboxylic acid groups (broad SMARTS) is 2. The molecule has 0 fully saturated rings. The Bertz CT molecular complexity index is 1200. The fourth-order valence-corrected chi connectivity index (χ4v) is 3.45. The Kier molecular flexibility index (Phi) is 11.0. The number of nitrogens with one attached hydrogen (secondary N) is 1. The van der Waals surface area contributed by atoms with E-state index in [0.29, 0.717) is 11.9 Å². The first kappa shape index (κ1) is 32.0. The maximum Gasteiger partial charge on any atom is 0.490 e. The van der Waals surface area contributed by atoms with Gasteiger partial charge >= 0.3 is 24.3 Å². The standard InChI is InChI=1S/C18H23N7O.2C2HF3O2/c1-13-17(14(2)26-23-13)12-24-9-15(8-21-18-19-5-3-6-20-18)10-25-16(11-24)4-7-22-25;2*3-2(4,5)1(6)7/h3-7,15H,8-12H2,1-2H3,(H,19,20,21);2*(H,6,7). The third-order valence-electron chi connectivity index (χ3n) is 5.30. The molecule has 1 atom stereocenters. The van der Waals surface area contributed by atoms with Crippen LogP contribution in [0.2, 0.25) is 0 Å². The molecule has 3 aromatic heterocycles. The van der Waals surface area contributed by atoms with Crippen molar-refractivity contribution in [3.8, 4) is 0 Å². The third-order valence-corrected chi connectivity index (χ3v) is 5.30. The molecule has 0 saturated carbocycles. The Balaban J connectivity index is 0.000000333. The summed E-state index contributed by atoms with van der Waals surface area (Å²) < 4.78 is 70.9. The second-order valence-electron chi connectivity index (χ2n) is 8.40. The summed E-state index contributed by atoms with van der Waals surface area (Å²) in [6, 6.07) is 3.91. The fraction of sp³-hybridized carbons (Fsp3) is 0.455. The molecule has 0 aromatic carbocycles. The molecule has 220 valence electrons. The molecule has 0 amide bonds. The highest BCUT2D eigenvalue weighted by atomic mass is 19.4. The SMILES string of the molecule is Cc1noc(C)c1CN1Cc2ccnn2CC(CNc2ncccn2)C1.O=C(O)C(F)(F)F.O=C(O)C(F)(F)F. The maximum absolute atomic E-state index is 10.6. The molecule has 40 heavy (non-hydrogen) atoms. The van der Waals surface area contributed by atoms with E-state index in [0.717, 1.165) is 44.2 Å². The van der Waals surface area contributed by atoms with Crippen molar-refractivity contribution < 1.29 is 50.7 Å². The van der Waals surface area contributed by atoms with Gasteiger partial charge in [-0.15, -0.1) is 0 Å². The van der Waals surface area contributed by atoms with Crippen LogP contribution in [-0.2, 0) is 29.2 Å². The summed E-state index contributed by atoms with van der Waals surface area (Å²) in [5.74, 6) is -3.57. The number of hydrogen-bond acceptors (Lipinski definition) is 9. The molecule has 4 rings (SSSR count). The summed E-state index contributed by atoms with van der Waals surface area (Å²) in [6.07, 6.45) is -4.80. The van der Waals surface area contributed by atoms with Crippen LogP contribution in [-0.4, -0.2) is 77.4 Å². The van der Waals surface area contributed by atoms with Crippen LogP contribution >= 0.6 is 0 Å². The lowest BCUT2D eigenvalue weighted by Gasteiger charge is -2.24. The van der Waals surface area contributed by atoms with Gasteiger partial charge in [-0.2, -0.15) is 31.4 Å². The Morgan fingerprint density at radius 2 is 1.60 bits per heavy atom. The largest absolute Gasteiger partial charge is 0.490 e. The number of nitrogens with zero attached hydrogens (tertiary/aromatic N) is 6. The van der Waals surface area contributed by atoms with Crippen molar-refractivity contribution in [3.05, 3.63) is 53.4 Å². The number of aromatic nitrogens is 5. The topological polar surface area (TPSA) is 160 Å². The number of rotatable bonds is 5. The first-order chi connectivity index (χ1) is 18.6. The van der Waals surface area contributed by atoms with Gasteiger partial charge in [0.2, 0.25) is 5.95 Å². The van der Waals surface area contributed by atoms with Crippen LogP contribution in [0, 0.1) is 19.8 Å². The van der Waals surface area contributed by atoms with Crippen LogP contribution < -0.4 is 5.32 Å². The lowest BCUT2D eigenvalue weighted by Crippen LogP contribution is -2.31. The molecule has 1 aliphatic heterocycles. The minimum absolute atomic E-state index is 0.389. The number of alkyl halides is 6. The van der Waals surface area contributed by atoms with Crippen molar-refractivity contribution >= 4 is 17.9 Å². The quantitative estimate of drug-likeness (QED) is 0.380. The average molecular weight is 581 g/mol. The van der Waals surface area contributed by atoms with Gasteiger partial charge in [0.25, 0.3) is 0 Å². The summed E-state index contributed by atoms with van der Waals surface area (Å²) in [6.45, 7) is 8.28. The number of fused-ring (bicyclic) bond motifs is 1. The second kappa shape index (κ2) is 13.7. The predicted octanol–water partition coefficient (Wildman–Crippen LogP) is 3.29. The Morgan fingerprint density at radius 3 is 2.10 bits per heavy atom. The van der Waals surface area contributed by atoms with Gasteiger partial charge in [0.15, 0.2) is 0 Å². The van der Waals surface area contributed by atoms with Crippen LogP contribution in [0.25, 0.3) is 0 Å². The molecule has 0 radical (unpaired) electrons. The van der Waals surface area contributed by atoms with Gasteiger partial charge < -0.3 is 20.1 Å². The van der Waals surface area contributed by atoms with E-state index in [1.54, 1.807) is 12.4 Å². The number of carbonyl (C=O) groups is 2. The van der Waals surface area contributed by atoms with Gasteiger partial charge in [-0.1, -0.05) is 5.16 Å². The van der Waals surface area contributed by atoms with Gasteiger partial charge in [-0.25, -0.2) is 19.6 Å². The monoisotopic (exact) mass is 581 g/mol. The van der Waals surface area contributed by atoms with Crippen molar-refractivity contribution in [2.75, 3.05) is 18.4 Å². The molecule has 0 bridgehead atoms. The zero-order chi connectivity index (χ0) is 30.1. The number of hydrogen-bond donors (Lipinski definition) is 3. The Hall–Kier alpha value is -4.22. The highest BCUT2D eigenvalue weighted by Crippen LogP contribution is 2.21. The minimum Gasteiger partial charge on any atom is -0.475 e. The van der Waals surface area contributed by atoms with E-state index in [1.807, 2.05) is 26.1 Å². The zero-order valence-corrected chi connectivity index (χ0v) is 21.1. The number of carboxylic acids is 2. The maximum atomic E-state index is 10.6. The molecule has 0 aliphatic carbocycles. The lowest BCUT2D eigenvalue weighted by atomic mass is 10.1. The van der Waals surface area contributed by atoms with Crippen LogP contribution in [0.1, 0.15) is 22.7 Å². The number of anilines is 1. The highest BCUT2D eigenvalue weighted by Gasteiger charge is 2.38. The van der Waals surface area contributed by atoms with Gasteiger partial charge in [0.05, 0.1) is 11.4 Å². The van der Waals surface area contributed by atoms with Gasteiger partial charge in [-0.05, 0) is 26.0 Å². The first-order valence-corrected chi connectivity index (χ1v) is 11.3. The number of aryl methyl sites for hydroxylation is 2. The zero-order valence-electron chi connectivity index (χ0n) is 21.1. The van der Waals surface area contributed by atoms with Crippen molar-refractivity contribution in [2.45, 2.75) is 45.8 Å². The molecule has 3 N–H and O–H groups in total. The molecule has 3 aromatic rings. The molecule has 1 aliphatic rings. The third kappa shape index (κ3) is 10.2. The number of halogens is 6. The molecule has 4 heterocycles.